The zero-order valence-electron chi connectivity index (χ0n) is 12.0. The molecule has 0 saturated heterocycles. The van der Waals surface area contributed by atoms with Crippen molar-refractivity contribution in [3.8, 4) is 0 Å². The first-order valence-electron chi connectivity index (χ1n) is 7.05. The van der Waals surface area contributed by atoms with Crippen LogP contribution in [0.3, 0.4) is 0 Å². The van der Waals surface area contributed by atoms with Gasteiger partial charge in [0.1, 0.15) is 5.76 Å². The van der Waals surface area contributed by atoms with Gasteiger partial charge in [-0.15, -0.1) is 5.10 Å². The number of para-hydroxylation sites is 2. The molecule has 0 unspecified atom stereocenters. The van der Waals surface area contributed by atoms with Gasteiger partial charge in [0.05, 0.1) is 29.6 Å². The van der Waals surface area contributed by atoms with Gasteiger partial charge in [0.2, 0.25) is 11.7 Å². The number of benzene rings is 1. The van der Waals surface area contributed by atoms with Crippen LogP contribution in [0.1, 0.15) is 5.76 Å². The normalized spacial score (nSPS) is 11.3. The number of furan rings is 1. The quantitative estimate of drug-likeness (QED) is 0.549. The molecule has 23 heavy (non-hydrogen) atoms. The van der Waals surface area contributed by atoms with E-state index < -0.39 is 0 Å². The number of hydrogen-bond donors (Lipinski definition) is 2. The fourth-order valence-corrected chi connectivity index (χ4v) is 3.11. The Balaban J connectivity index is 1.46. The molecule has 0 spiro atoms. The number of amides is 1. The van der Waals surface area contributed by atoms with E-state index in [0.717, 1.165) is 16.8 Å². The van der Waals surface area contributed by atoms with Crippen molar-refractivity contribution in [1.29, 1.82) is 0 Å². The van der Waals surface area contributed by atoms with Gasteiger partial charge in [-0.05, 0) is 24.3 Å². The van der Waals surface area contributed by atoms with Crippen molar-refractivity contribution in [2.24, 2.45) is 0 Å². The Morgan fingerprint density at radius 1 is 1.30 bits per heavy atom. The highest BCUT2D eigenvalue weighted by molar-refractivity contribution is 7.99. The number of aromatic nitrogens is 4. The van der Waals surface area contributed by atoms with Gasteiger partial charge in [0, 0.05) is 0 Å². The minimum Gasteiger partial charge on any atom is -0.467 e. The van der Waals surface area contributed by atoms with Crippen LogP contribution >= 0.6 is 11.8 Å². The van der Waals surface area contributed by atoms with E-state index in [1.807, 2.05) is 34.7 Å². The summed E-state index contributed by atoms with van der Waals surface area (Å²) in [6, 6.07) is 11.4. The van der Waals surface area contributed by atoms with E-state index in [9.17, 15) is 4.79 Å². The monoisotopic (exact) mass is 327 g/mol. The van der Waals surface area contributed by atoms with Crippen molar-refractivity contribution < 1.29 is 9.21 Å². The number of imidazole rings is 1. The summed E-state index contributed by atoms with van der Waals surface area (Å²) >= 11 is 1.36. The number of rotatable bonds is 5. The molecule has 0 aliphatic heterocycles. The van der Waals surface area contributed by atoms with Gasteiger partial charge in [-0.25, -0.2) is 10.1 Å². The Hall–Kier alpha value is -2.74. The molecule has 0 radical (unpaired) electrons. The summed E-state index contributed by atoms with van der Waals surface area (Å²) in [6.07, 6.45) is 1.58. The topological polar surface area (TPSA) is 88.2 Å². The van der Waals surface area contributed by atoms with Gasteiger partial charge in [0.25, 0.3) is 0 Å². The third kappa shape index (κ3) is 2.68. The number of carbonyl (C=O) groups is 1. The van der Waals surface area contributed by atoms with Crippen molar-refractivity contribution in [1.82, 2.24) is 24.9 Å². The molecule has 116 valence electrons. The van der Waals surface area contributed by atoms with Crippen LogP contribution in [0.25, 0.3) is 16.8 Å². The molecule has 8 heteroatoms. The van der Waals surface area contributed by atoms with E-state index in [4.69, 9.17) is 4.42 Å². The lowest BCUT2D eigenvalue weighted by Gasteiger charge is -2.02. The predicted molar refractivity (Wildman–Crippen MR) is 86.1 cm³/mol. The highest BCUT2D eigenvalue weighted by Crippen LogP contribution is 2.22. The SMILES string of the molecule is O=C(CSc1n[nH]c2nc3ccccc3n12)NCc1ccco1. The molecule has 0 bridgehead atoms. The Morgan fingerprint density at radius 2 is 2.22 bits per heavy atom. The number of nitrogens with zero attached hydrogens (tertiary/aromatic N) is 3. The van der Waals surface area contributed by atoms with Crippen LogP contribution in [0, 0.1) is 0 Å². The molecule has 4 rings (SSSR count). The van der Waals surface area contributed by atoms with Crippen LogP contribution in [-0.2, 0) is 11.3 Å². The molecule has 2 N–H and O–H groups in total. The van der Waals surface area contributed by atoms with Crippen LogP contribution in [0.15, 0.2) is 52.2 Å². The standard InChI is InChI=1S/C15H13N5O2S/c21-13(16-8-10-4-3-7-22-10)9-23-15-19-18-14-17-11-5-1-2-6-12(11)20(14)15/h1-7H,8-9H2,(H,16,21)(H,17,18). The van der Waals surface area contributed by atoms with Crippen LogP contribution in [0.4, 0.5) is 0 Å². The molecule has 0 saturated carbocycles. The number of fused-ring (bicyclic) bond motifs is 3. The Morgan fingerprint density at radius 3 is 3.09 bits per heavy atom. The van der Waals surface area contributed by atoms with Crippen molar-refractivity contribution in [2.75, 3.05) is 5.75 Å². The van der Waals surface area contributed by atoms with E-state index in [-0.39, 0.29) is 11.7 Å². The van der Waals surface area contributed by atoms with Gasteiger partial charge in [-0.2, -0.15) is 0 Å². The summed E-state index contributed by atoms with van der Waals surface area (Å²) in [5.74, 6) is 1.59. The maximum atomic E-state index is 11.9. The van der Waals surface area contributed by atoms with E-state index in [1.165, 1.54) is 11.8 Å². The lowest BCUT2D eigenvalue weighted by Crippen LogP contribution is -2.24. The smallest absolute Gasteiger partial charge is 0.231 e. The number of aromatic amines is 1. The van der Waals surface area contributed by atoms with E-state index in [2.05, 4.69) is 20.5 Å². The third-order valence-electron chi connectivity index (χ3n) is 3.38. The highest BCUT2D eigenvalue weighted by Gasteiger charge is 2.13. The first-order valence-corrected chi connectivity index (χ1v) is 8.03. The largest absolute Gasteiger partial charge is 0.467 e. The van der Waals surface area contributed by atoms with Gasteiger partial charge in [-0.3, -0.25) is 9.20 Å². The third-order valence-corrected chi connectivity index (χ3v) is 4.31. The summed E-state index contributed by atoms with van der Waals surface area (Å²) in [5.41, 5.74) is 1.86. The van der Waals surface area contributed by atoms with Crippen LogP contribution in [0.2, 0.25) is 0 Å². The molecule has 7 nitrogen and oxygen atoms in total. The summed E-state index contributed by atoms with van der Waals surface area (Å²) in [6.45, 7) is 0.385. The Bertz CT molecular complexity index is 957. The Labute approximate surface area is 135 Å². The zero-order valence-corrected chi connectivity index (χ0v) is 12.8. The van der Waals surface area contributed by atoms with E-state index in [0.29, 0.717) is 17.5 Å². The van der Waals surface area contributed by atoms with Gasteiger partial charge in [-0.1, -0.05) is 23.9 Å². The summed E-state index contributed by atoms with van der Waals surface area (Å²) in [5, 5.41) is 10.6. The average Bonchev–Trinajstić information content (AvgIpc) is 3.27. The highest BCUT2D eigenvalue weighted by atomic mass is 32.2. The number of hydrogen-bond acceptors (Lipinski definition) is 5. The maximum absolute atomic E-state index is 11.9. The van der Waals surface area contributed by atoms with Crippen molar-refractivity contribution in [2.45, 2.75) is 11.7 Å². The molecule has 4 aromatic rings. The molecule has 0 fully saturated rings. The minimum atomic E-state index is -0.0769. The molecule has 0 aliphatic rings. The van der Waals surface area contributed by atoms with Crippen LogP contribution in [-0.4, -0.2) is 31.2 Å². The number of nitrogens with one attached hydrogen (secondary N) is 2. The lowest BCUT2D eigenvalue weighted by atomic mass is 10.3. The van der Waals surface area contributed by atoms with Gasteiger partial charge >= 0.3 is 0 Å². The molecule has 0 atom stereocenters. The second kappa shape index (κ2) is 5.81. The number of carbonyl (C=O) groups excluding carboxylic acids is 1. The van der Waals surface area contributed by atoms with E-state index in [1.54, 1.807) is 12.3 Å². The lowest BCUT2D eigenvalue weighted by molar-refractivity contribution is -0.118. The van der Waals surface area contributed by atoms with Crippen LogP contribution < -0.4 is 5.32 Å². The van der Waals surface area contributed by atoms with Crippen molar-refractivity contribution in [3.63, 3.8) is 0 Å². The molecule has 3 aromatic heterocycles. The number of H-pyrrole nitrogens is 1. The summed E-state index contributed by atoms with van der Waals surface area (Å²) in [4.78, 5) is 16.4. The molecule has 3 heterocycles. The second-order valence-corrected chi connectivity index (χ2v) is 5.85. The molecular weight excluding hydrogens is 314 g/mol. The maximum Gasteiger partial charge on any atom is 0.231 e. The van der Waals surface area contributed by atoms with Crippen molar-refractivity contribution in [3.05, 3.63) is 48.4 Å². The van der Waals surface area contributed by atoms with Gasteiger partial charge < -0.3 is 9.73 Å². The van der Waals surface area contributed by atoms with E-state index >= 15 is 0 Å². The molecule has 1 aromatic carbocycles. The van der Waals surface area contributed by atoms with Gasteiger partial charge in [0.15, 0.2) is 5.16 Å². The molecule has 1 amide bonds. The predicted octanol–water partition coefficient (Wildman–Crippen LogP) is 2.21. The first-order chi connectivity index (χ1) is 11.3. The van der Waals surface area contributed by atoms with Crippen LogP contribution in [0.5, 0.6) is 0 Å². The zero-order chi connectivity index (χ0) is 15.6. The average molecular weight is 327 g/mol. The second-order valence-electron chi connectivity index (χ2n) is 4.91. The minimum absolute atomic E-state index is 0.0769. The summed E-state index contributed by atoms with van der Waals surface area (Å²) < 4.78 is 7.09. The number of thioether (sulfide) groups is 1. The first kappa shape index (κ1) is 13.9. The molecule has 0 aliphatic carbocycles. The Kier molecular flexibility index (Phi) is 3.51. The fraction of sp³-hybridized carbons (Fsp3) is 0.133. The summed E-state index contributed by atoms with van der Waals surface area (Å²) in [7, 11) is 0. The fourth-order valence-electron chi connectivity index (χ4n) is 2.32. The molecular formula is C15H13N5O2S. The van der Waals surface area contributed by atoms with Crippen molar-refractivity contribution >= 4 is 34.5 Å².